The number of anilines is 3. The molecule has 0 bridgehead atoms. The Morgan fingerprint density at radius 2 is 1.87 bits per heavy atom. The monoisotopic (exact) mass is 398 g/mol. The van der Waals surface area contributed by atoms with Crippen LogP contribution in [0.1, 0.15) is 12.8 Å². The quantitative estimate of drug-likeness (QED) is 0.388. The van der Waals surface area contributed by atoms with Crippen LogP contribution in [0.5, 0.6) is 0 Å². The van der Waals surface area contributed by atoms with Gasteiger partial charge in [-0.3, -0.25) is 4.79 Å². The summed E-state index contributed by atoms with van der Waals surface area (Å²) >= 11 is 0. The van der Waals surface area contributed by atoms with Crippen molar-refractivity contribution in [1.82, 2.24) is 20.3 Å². The molecule has 0 spiro atoms. The molecule has 2 aromatic carbocycles. The second-order valence-electron chi connectivity index (χ2n) is 7.40. The zero-order chi connectivity index (χ0) is 20.3. The number of hydrogen-bond donors (Lipinski definition) is 4. The number of fused-ring (bicyclic) bond motifs is 2. The summed E-state index contributed by atoms with van der Waals surface area (Å²) < 4.78 is 0. The molecule has 7 nitrogen and oxygen atoms in total. The molecule has 5 rings (SSSR count). The second-order valence-corrected chi connectivity index (χ2v) is 7.40. The second kappa shape index (κ2) is 7.96. The number of hydrogen-bond acceptors (Lipinski definition) is 5. The van der Waals surface area contributed by atoms with E-state index in [4.69, 9.17) is 0 Å². The van der Waals surface area contributed by atoms with E-state index in [0.29, 0.717) is 5.82 Å². The van der Waals surface area contributed by atoms with Crippen LogP contribution in [0.3, 0.4) is 0 Å². The average Bonchev–Trinajstić information content (AvgIpc) is 3.23. The molecule has 3 heterocycles. The van der Waals surface area contributed by atoms with Gasteiger partial charge in [0.15, 0.2) is 0 Å². The third-order valence-corrected chi connectivity index (χ3v) is 5.30. The molecule has 30 heavy (non-hydrogen) atoms. The maximum Gasteiger partial charge on any atom is 0.248 e. The lowest BCUT2D eigenvalue weighted by molar-refractivity contribution is -0.112. The van der Waals surface area contributed by atoms with Crippen LogP contribution >= 0.6 is 0 Å². The highest BCUT2D eigenvalue weighted by Gasteiger charge is 2.10. The SMILES string of the molecule is O=C(C=C1CCNCC1)Nc1ccc2ncnc(Nc3ccc4[nH]ccc4c3)c2c1. The van der Waals surface area contributed by atoms with Gasteiger partial charge < -0.3 is 20.9 Å². The molecular weight excluding hydrogens is 376 g/mol. The minimum Gasteiger partial charge on any atom is -0.361 e. The van der Waals surface area contributed by atoms with Gasteiger partial charge in [0.2, 0.25) is 5.91 Å². The number of carbonyl (C=O) groups excluding carboxylic acids is 1. The van der Waals surface area contributed by atoms with E-state index in [-0.39, 0.29) is 5.91 Å². The normalized spacial score (nSPS) is 14.1. The van der Waals surface area contributed by atoms with Gasteiger partial charge >= 0.3 is 0 Å². The number of aromatic nitrogens is 3. The lowest BCUT2D eigenvalue weighted by Crippen LogP contribution is -2.24. The minimum absolute atomic E-state index is 0.101. The van der Waals surface area contributed by atoms with Crippen molar-refractivity contribution in [2.75, 3.05) is 23.7 Å². The maximum atomic E-state index is 12.4. The van der Waals surface area contributed by atoms with Crippen LogP contribution in [-0.2, 0) is 4.79 Å². The van der Waals surface area contributed by atoms with E-state index in [2.05, 4.69) is 37.0 Å². The highest BCUT2D eigenvalue weighted by Crippen LogP contribution is 2.27. The van der Waals surface area contributed by atoms with Crippen molar-refractivity contribution in [1.29, 1.82) is 0 Å². The van der Waals surface area contributed by atoms with Crippen molar-refractivity contribution >= 4 is 44.9 Å². The minimum atomic E-state index is -0.101. The standard InChI is InChI=1S/C23H22N6O/c30-22(11-15-5-8-24-9-6-15)28-18-2-4-21-19(13-18)23(27-14-26-21)29-17-1-3-20-16(12-17)7-10-25-20/h1-4,7,10-14,24-25H,5-6,8-9H2,(H,28,30)(H,26,27,29). The number of H-pyrrole nitrogens is 1. The fourth-order valence-corrected chi connectivity index (χ4v) is 3.76. The summed E-state index contributed by atoms with van der Waals surface area (Å²) in [6.45, 7) is 1.85. The number of nitrogens with zero attached hydrogens (tertiary/aromatic N) is 2. The highest BCUT2D eigenvalue weighted by molar-refractivity contribution is 6.02. The number of aromatic amines is 1. The first-order valence-electron chi connectivity index (χ1n) is 10.0. The highest BCUT2D eigenvalue weighted by atomic mass is 16.1. The van der Waals surface area contributed by atoms with E-state index in [1.165, 1.54) is 5.57 Å². The smallest absolute Gasteiger partial charge is 0.248 e. The van der Waals surface area contributed by atoms with Crippen molar-refractivity contribution in [3.05, 3.63) is 66.6 Å². The molecule has 0 radical (unpaired) electrons. The van der Waals surface area contributed by atoms with Gasteiger partial charge in [-0.25, -0.2) is 9.97 Å². The predicted molar refractivity (Wildman–Crippen MR) is 120 cm³/mol. The van der Waals surface area contributed by atoms with E-state index in [1.807, 2.05) is 42.6 Å². The van der Waals surface area contributed by atoms with Crippen LogP contribution in [0, 0.1) is 0 Å². The molecule has 0 atom stereocenters. The van der Waals surface area contributed by atoms with Crippen molar-refractivity contribution in [2.24, 2.45) is 0 Å². The Morgan fingerprint density at radius 1 is 1.00 bits per heavy atom. The van der Waals surface area contributed by atoms with Crippen molar-refractivity contribution in [2.45, 2.75) is 12.8 Å². The molecule has 150 valence electrons. The predicted octanol–water partition coefficient (Wildman–Crippen LogP) is 4.10. The molecule has 2 aromatic heterocycles. The van der Waals surface area contributed by atoms with Gasteiger partial charge in [0.25, 0.3) is 0 Å². The van der Waals surface area contributed by atoms with Crippen LogP contribution < -0.4 is 16.0 Å². The van der Waals surface area contributed by atoms with Crippen molar-refractivity contribution in [3.8, 4) is 0 Å². The van der Waals surface area contributed by atoms with Crippen LogP contribution in [0.2, 0.25) is 0 Å². The van der Waals surface area contributed by atoms with Crippen molar-refractivity contribution < 1.29 is 4.79 Å². The van der Waals surface area contributed by atoms with Crippen LogP contribution in [0.25, 0.3) is 21.8 Å². The number of carbonyl (C=O) groups is 1. The Labute approximate surface area is 173 Å². The van der Waals surface area contributed by atoms with Crippen LogP contribution in [0.15, 0.2) is 66.6 Å². The van der Waals surface area contributed by atoms with E-state index < -0.39 is 0 Å². The number of benzene rings is 2. The van der Waals surface area contributed by atoms with E-state index in [0.717, 1.165) is 59.1 Å². The molecule has 0 saturated carbocycles. The molecule has 7 heteroatoms. The summed E-state index contributed by atoms with van der Waals surface area (Å²) in [7, 11) is 0. The molecular formula is C23H22N6O. The number of amides is 1. The molecule has 4 aromatic rings. The number of nitrogens with one attached hydrogen (secondary N) is 4. The summed E-state index contributed by atoms with van der Waals surface area (Å²) in [5, 5.41) is 11.6. The Hall–Kier alpha value is -3.71. The summed E-state index contributed by atoms with van der Waals surface area (Å²) in [5.41, 5.74) is 4.73. The maximum absolute atomic E-state index is 12.4. The van der Waals surface area contributed by atoms with Gasteiger partial charge in [0.05, 0.1) is 5.52 Å². The zero-order valence-corrected chi connectivity index (χ0v) is 16.4. The Morgan fingerprint density at radius 3 is 2.77 bits per heavy atom. The van der Waals surface area contributed by atoms with Gasteiger partial charge in [-0.05, 0) is 68.4 Å². The van der Waals surface area contributed by atoms with Gasteiger partial charge in [-0.1, -0.05) is 5.57 Å². The van der Waals surface area contributed by atoms with Crippen molar-refractivity contribution in [3.63, 3.8) is 0 Å². The first-order valence-corrected chi connectivity index (χ1v) is 10.0. The van der Waals surface area contributed by atoms with E-state index in [9.17, 15) is 4.79 Å². The summed E-state index contributed by atoms with van der Waals surface area (Å²) in [4.78, 5) is 24.4. The third-order valence-electron chi connectivity index (χ3n) is 5.30. The lowest BCUT2D eigenvalue weighted by atomic mass is 10.1. The summed E-state index contributed by atoms with van der Waals surface area (Å²) in [6.07, 6.45) is 7.01. The first kappa shape index (κ1) is 18.3. The van der Waals surface area contributed by atoms with Gasteiger partial charge in [-0.15, -0.1) is 0 Å². The van der Waals surface area contributed by atoms with Gasteiger partial charge in [0, 0.05) is 39.9 Å². The topological polar surface area (TPSA) is 94.7 Å². The Balaban J connectivity index is 1.41. The fourth-order valence-electron chi connectivity index (χ4n) is 3.76. The van der Waals surface area contributed by atoms with Crippen LogP contribution in [0.4, 0.5) is 17.2 Å². The summed E-state index contributed by atoms with van der Waals surface area (Å²) in [6, 6.07) is 13.8. The van der Waals surface area contributed by atoms with Gasteiger partial charge in [0.1, 0.15) is 12.1 Å². The molecule has 0 unspecified atom stereocenters. The molecule has 4 N–H and O–H groups in total. The fraction of sp³-hybridized carbons (Fsp3) is 0.174. The lowest BCUT2D eigenvalue weighted by Gasteiger charge is -2.15. The molecule has 1 amide bonds. The molecule has 1 aliphatic heterocycles. The van der Waals surface area contributed by atoms with E-state index in [1.54, 1.807) is 12.4 Å². The number of rotatable bonds is 4. The zero-order valence-electron chi connectivity index (χ0n) is 16.4. The average molecular weight is 398 g/mol. The Bertz CT molecular complexity index is 1250. The molecule has 0 aliphatic carbocycles. The Kier molecular flexibility index (Phi) is 4.86. The number of piperidine rings is 1. The first-order chi connectivity index (χ1) is 14.7. The molecule has 1 fully saturated rings. The third kappa shape index (κ3) is 3.88. The van der Waals surface area contributed by atoms with E-state index >= 15 is 0 Å². The summed E-state index contributed by atoms with van der Waals surface area (Å²) in [5.74, 6) is 0.596. The molecule has 1 saturated heterocycles. The largest absolute Gasteiger partial charge is 0.361 e. The molecule has 1 aliphatic rings. The van der Waals surface area contributed by atoms with Crippen LogP contribution in [-0.4, -0.2) is 33.9 Å². The van der Waals surface area contributed by atoms with Gasteiger partial charge in [-0.2, -0.15) is 0 Å².